The third kappa shape index (κ3) is 2.98. The van der Waals surface area contributed by atoms with Crippen molar-refractivity contribution in [1.82, 2.24) is 5.32 Å². The van der Waals surface area contributed by atoms with Gasteiger partial charge in [0.25, 0.3) is 0 Å². The smallest absolute Gasteiger partial charge is 0.0604 e. The third-order valence-corrected chi connectivity index (χ3v) is 4.57. The van der Waals surface area contributed by atoms with E-state index in [0.29, 0.717) is 6.10 Å². The normalized spacial score (nSPS) is 44.1. The van der Waals surface area contributed by atoms with Gasteiger partial charge in [-0.3, -0.25) is 0 Å². The van der Waals surface area contributed by atoms with Crippen molar-refractivity contribution in [2.24, 2.45) is 11.8 Å². The van der Waals surface area contributed by atoms with Crippen LogP contribution >= 0.6 is 0 Å². The molecule has 0 aromatic rings. The van der Waals surface area contributed by atoms with Crippen molar-refractivity contribution in [3.05, 3.63) is 0 Å². The Morgan fingerprint density at radius 3 is 2.38 bits per heavy atom. The molecule has 16 heavy (non-hydrogen) atoms. The van der Waals surface area contributed by atoms with Gasteiger partial charge in [0.1, 0.15) is 0 Å². The van der Waals surface area contributed by atoms with Gasteiger partial charge < -0.3 is 10.1 Å². The lowest BCUT2D eigenvalue weighted by Gasteiger charge is -2.41. The molecular formula is C14H27NO. The topological polar surface area (TPSA) is 21.3 Å². The van der Waals surface area contributed by atoms with Crippen molar-refractivity contribution in [2.45, 2.75) is 71.1 Å². The van der Waals surface area contributed by atoms with Crippen molar-refractivity contribution in [3.63, 3.8) is 0 Å². The van der Waals surface area contributed by atoms with Gasteiger partial charge in [0, 0.05) is 18.7 Å². The molecule has 2 nitrogen and oxygen atoms in total. The van der Waals surface area contributed by atoms with Gasteiger partial charge in [-0.1, -0.05) is 13.8 Å². The van der Waals surface area contributed by atoms with E-state index in [2.05, 4.69) is 26.1 Å². The summed E-state index contributed by atoms with van der Waals surface area (Å²) in [5.41, 5.74) is 0. The van der Waals surface area contributed by atoms with E-state index in [4.69, 9.17) is 4.74 Å². The molecule has 1 N–H and O–H groups in total. The lowest BCUT2D eigenvalue weighted by molar-refractivity contribution is -0.0146. The summed E-state index contributed by atoms with van der Waals surface area (Å²) in [5, 5.41) is 3.81. The van der Waals surface area contributed by atoms with E-state index in [1.165, 1.54) is 32.1 Å². The van der Waals surface area contributed by atoms with Gasteiger partial charge in [0.2, 0.25) is 0 Å². The van der Waals surface area contributed by atoms with Crippen LogP contribution in [0.3, 0.4) is 0 Å². The van der Waals surface area contributed by atoms with Crippen LogP contribution in [0.15, 0.2) is 0 Å². The van der Waals surface area contributed by atoms with E-state index in [0.717, 1.165) is 30.5 Å². The molecule has 0 bridgehead atoms. The van der Waals surface area contributed by atoms with Gasteiger partial charge in [0.15, 0.2) is 0 Å². The zero-order valence-corrected chi connectivity index (χ0v) is 11.0. The summed E-state index contributed by atoms with van der Waals surface area (Å²) in [4.78, 5) is 0. The van der Waals surface area contributed by atoms with E-state index in [1.807, 2.05) is 0 Å². The maximum atomic E-state index is 5.60. The first kappa shape index (κ1) is 12.4. The fourth-order valence-electron chi connectivity index (χ4n) is 3.11. The molecule has 0 aromatic heterocycles. The molecule has 2 aliphatic carbocycles. The highest BCUT2D eigenvalue weighted by atomic mass is 16.5. The van der Waals surface area contributed by atoms with Crippen LogP contribution in [-0.4, -0.2) is 24.8 Å². The van der Waals surface area contributed by atoms with Gasteiger partial charge >= 0.3 is 0 Å². The molecule has 0 amide bonds. The van der Waals surface area contributed by atoms with Crippen LogP contribution < -0.4 is 5.32 Å². The fraction of sp³-hybridized carbons (Fsp3) is 1.00. The zero-order chi connectivity index (χ0) is 11.5. The largest absolute Gasteiger partial charge is 0.378 e. The Hall–Kier alpha value is -0.0800. The molecule has 0 radical (unpaired) electrons. The summed E-state index contributed by atoms with van der Waals surface area (Å²) in [6.45, 7) is 7.76. The molecule has 94 valence electrons. The summed E-state index contributed by atoms with van der Waals surface area (Å²) in [6, 6.07) is 1.51. The number of rotatable bonds is 4. The molecule has 0 aromatic carbocycles. The van der Waals surface area contributed by atoms with Gasteiger partial charge in [-0.05, 0) is 50.9 Å². The highest BCUT2D eigenvalue weighted by Gasteiger charge is 2.33. The van der Waals surface area contributed by atoms with Crippen LogP contribution in [0.25, 0.3) is 0 Å². The molecular weight excluding hydrogens is 198 g/mol. The van der Waals surface area contributed by atoms with Crippen LogP contribution in [0.2, 0.25) is 0 Å². The van der Waals surface area contributed by atoms with Gasteiger partial charge in [-0.15, -0.1) is 0 Å². The number of hydrogen-bond acceptors (Lipinski definition) is 2. The quantitative estimate of drug-likeness (QED) is 0.794. The Labute approximate surface area is 100 Å². The van der Waals surface area contributed by atoms with Gasteiger partial charge in [0.05, 0.1) is 6.10 Å². The molecule has 2 fully saturated rings. The molecule has 2 rings (SSSR count). The van der Waals surface area contributed by atoms with E-state index in [-0.39, 0.29) is 0 Å². The Bertz CT molecular complexity index is 213. The third-order valence-electron chi connectivity index (χ3n) is 4.57. The zero-order valence-electron chi connectivity index (χ0n) is 11.0. The molecule has 0 saturated heterocycles. The molecule has 2 aliphatic rings. The van der Waals surface area contributed by atoms with E-state index in [9.17, 15) is 0 Å². The van der Waals surface area contributed by atoms with Crippen LogP contribution in [0.4, 0.5) is 0 Å². The summed E-state index contributed by atoms with van der Waals surface area (Å²) >= 11 is 0. The van der Waals surface area contributed by atoms with Crippen molar-refractivity contribution in [2.75, 3.05) is 6.61 Å². The lowest BCUT2D eigenvalue weighted by atomic mass is 9.78. The second-order valence-corrected chi connectivity index (χ2v) is 5.88. The Kier molecular flexibility index (Phi) is 4.26. The first-order valence-electron chi connectivity index (χ1n) is 7.06. The average molecular weight is 225 g/mol. The standard InChI is InChI=1S/C14H27NO/c1-4-16-14-8-13(9-14)15-12-6-5-10(2)11(3)7-12/h10-15H,4-9H2,1-3H3. The molecule has 0 heterocycles. The molecule has 2 saturated carbocycles. The highest BCUT2D eigenvalue weighted by Crippen LogP contribution is 2.31. The Balaban J connectivity index is 1.64. The first-order valence-corrected chi connectivity index (χ1v) is 7.06. The Morgan fingerprint density at radius 1 is 1.00 bits per heavy atom. The fourth-order valence-corrected chi connectivity index (χ4v) is 3.11. The minimum absolute atomic E-state index is 0.544. The van der Waals surface area contributed by atoms with Crippen LogP contribution in [0.1, 0.15) is 52.9 Å². The maximum Gasteiger partial charge on any atom is 0.0604 e. The van der Waals surface area contributed by atoms with E-state index in [1.54, 1.807) is 0 Å². The van der Waals surface area contributed by atoms with E-state index >= 15 is 0 Å². The van der Waals surface area contributed by atoms with Gasteiger partial charge in [-0.25, -0.2) is 0 Å². The summed E-state index contributed by atoms with van der Waals surface area (Å²) in [5.74, 6) is 1.82. The SMILES string of the molecule is CCOC1CC(NC2CCC(C)C(C)C2)C1. The van der Waals surface area contributed by atoms with Crippen molar-refractivity contribution >= 4 is 0 Å². The van der Waals surface area contributed by atoms with Crippen LogP contribution in [0, 0.1) is 11.8 Å². The second-order valence-electron chi connectivity index (χ2n) is 5.88. The lowest BCUT2D eigenvalue weighted by Crippen LogP contribution is -2.50. The molecule has 3 atom stereocenters. The van der Waals surface area contributed by atoms with Gasteiger partial charge in [-0.2, -0.15) is 0 Å². The predicted octanol–water partition coefficient (Wildman–Crippen LogP) is 2.97. The molecule has 0 spiro atoms. The number of nitrogens with one attached hydrogen (secondary N) is 1. The van der Waals surface area contributed by atoms with Crippen LogP contribution in [-0.2, 0) is 4.74 Å². The first-order chi connectivity index (χ1) is 7.69. The van der Waals surface area contributed by atoms with Crippen molar-refractivity contribution in [3.8, 4) is 0 Å². The summed E-state index contributed by atoms with van der Waals surface area (Å²) < 4.78 is 5.60. The summed E-state index contributed by atoms with van der Waals surface area (Å²) in [6.07, 6.45) is 7.16. The van der Waals surface area contributed by atoms with Crippen LogP contribution in [0.5, 0.6) is 0 Å². The van der Waals surface area contributed by atoms with E-state index < -0.39 is 0 Å². The average Bonchev–Trinajstić information content (AvgIpc) is 2.20. The predicted molar refractivity (Wildman–Crippen MR) is 67.5 cm³/mol. The van der Waals surface area contributed by atoms with Crippen molar-refractivity contribution in [1.29, 1.82) is 0 Å². The Morgan fingerprint density at radius 2 is 1.75 bits per heavy atom. The molecule has 2 heteroatoms. The molecule has 3 unspecified atom stereocenters. The number of hydrogen-bond donors (Lipinski definition) is 1. The second kappa shape index (κ2) is 5.50. The highest BCUT2D eigenvalue weighted by molar-refractivity contribution is 4.90. The monoisotopic (exact) mass is 225 g/mol. The minimum atomic E-state index is 0.544. The van der Waals surface area contributed by atoms with Crippen molar-refractivity contribution < 1.29 is 4.74 Å². The molecule has 0 aliphatic heterocycles. The number of ether oxygens (including phenoxy) is 1. The minimum Gasteiger partial charge on any atom is -0.378 e. The summed E-state index contributed by atoms with van der Waals surface area (Å²) in [7, 11) is 0. The maximum absolute atomic E-state index is 5.60.